The number of hydrogen-bond acceptors (Lipinski definition) is 6. The number of carbonyl (C=O) groups excluding carboxylic acids is 1. The molecular formula is C17H21N3O6S. The molecule has 9 nitrogen and oxygen atoms in total. The Bertz CT molecular complexity index is 1080. The van der Waals surface area contributed by atoms with Gasteiger partial charge in [0.25, 0.3) is 0 Å². The average Bonchev–Trinajstić information content (AvgIpc) is 3.33. The Balaban J connectivity index is 1.57. The van der Waals surface area contributed by atoms with Crippen LogP contribution in [0.2, 0.25) is 0 Å². The largest absolute Gasteiger partial charge is 0.346 e. The third kappa shape index (κ3) is 2.97. The monoisotopic (exact) mass is 395 g/mol. The maximum Gasteiger partial charge on any atom is 0.328 e. The van der Waals surface area contributed by atoms with Gasteiger partial charge in [-0.05, 0) is 18.2 Å². The number of amides is 1. The molecule has 2 aliphatic rings. The first-order valence-corrected chi connectivity index (χ1v) is 10.3. The summed E-state index contributed by atoms with van der Waals surface area (Å²) in [7, 11) is -0.637. The fourth-order valence-corrected chi connectivity index (χ4v) is 4.96. The van der Waals surface area contributed by atoms with Gasteiger partial charge in [0.2, 0.25) is 5.91 Å². The third-order valence-electron chi connectivity index (χ3n) is 5.28. The minimum Gasteiger partial charge on any atom is -0.346 e. The summed E-state index contributed by atoms with van der Waals surface area (Å²) in [5.74, 6) is -1.89. The molecular weight excluding hydrogens is 374 g/mol. The van der Waals surface area contributed by atoms with E-state index >= 15 is 0 Å². The van der Waals surface area contributed by atoms with Gasteiger partial charge in [0.1, 0.15) is 5.75 Å². The Kier molecular flexibility index (Phi) is 4.17. The molecule has 1 aromatic carbocycles. The number of nitrogens with zero attached hydrogens (tertiary/aromatic N) is 3. The topological polar surface area (TPSA) is 99.8 Å². The van der Waals surface area contributed by atoms with Gasteiger partial charge in [-0.2, -0.15) is 0 Å². The number of rotatable bonds is 3. The van der Waals surface area contributed by atoms with Gasteiger partial charge in [-0.3, -0.25) is 13.9 Å². The Labute approximate surface area is 156 Å². The van der Waals surface area contributed by atoms with Crippen molar-refractivity contribution in [3.63, 3.8) is 0 Å². The lowest BCUT2D eigenvalue weighted by Gasteiger charge is -2.22. The lowest BCUT2D eigenvalue weighted by molar-refractivity contribution is -0.151. The molecule has 2 saturated heterocycles. The zero-order chi connectivity index (χ0) is 19.4. The van der Waals surface area contributed by atoms with E-state index in [0.717, 1.165) is 0 Å². The molecule has 146 valence electrons. The highest BCUT2D eigenvalue weighted by Gasteiger charge is 2.45. The standard InChI is InChI=1S/C17H21N3O6S/c1-18-13-4-3-12(9-14(13)19(2)16(18)22)27(23,24)10-15(21)20-6-5-17(11-20)25-7-8-26-17/h3-4,9H,5-8,10-11H2,1-2H3. The van der Waals surface area contributed by atoms with Gasteiger partial charge in [0.05, 0.1) is 35.7 Å². The number of hydrogen-bond donors (Lipinski definition) is 0. The zero-order valence-corrected chi connectivity index (χ0v) is 16.0. The summed E-state index contributed by atoms with van der Waals surface area (Å²) in [5.41, 5.74) is 0.892. The van der Waals surface area contributed by atoms with E-state index in [-0.39, 0.29) is 17.1 Å². The molecule has 4 rings (SSSR count). The summed E-state index contributed by atoms with van der Waals surface area (Å²) in [6.45, 7) is 1.61. The molecule has 0 atom stereocenters. The van der Waals surface area contributed by atoms with E-state index in [0.29, 0.717) is 37.2 Å². The van der Waals surface area contributed by atoms with E-state index in [2.05, 4.69) is 0 Å². The average molecular weight is 395 g/mol. The predicted octanol–water partition coefficient (Wildman–Crippen LogP) is -0.374. The fourth-order valence-electron chi connectivity index (χ4n) is 3.72. The van der Waals surface area contributed by atoms with Crippen LogP contribution in [0.4, 0.5) is 0 Å². The molecule has 0 N–H and O–H groups in total. The highest BCUT2D eigenvalue weighted by atomic mass is 32.2. The lowest BCUT2D eigenvalue weighted by atomic mass is 10.2. The second-order valence-corrected chi connectivity index (χ2v) is 8.97. The van der Waals surface area contributed by atoms with E-state index in [9.17, 15) is 18.0 Å². The molecule has 0 bridgehead atoms. The zero-order valence-electron chi connectivity index (χ0n) is 15.2. The summed E-state index contributed by atoms with van der Waals surface area (Å²) in [4.78, 5) is 26.0. The molecule has 1 amide bonds. The number of aryl methyl sites for hydroxylation is 2. The molecule has 10 heteroatoms. The third-order valence-corrected chi connectivity index (χ3v) is 6.88. The number of benzene rings is 1. The van der Waals surface area contributed by atoms with Crippen LogP contribution in [-0.2, 0) is 38.2 Å². The number of fused-ring (bicyclic) bond motifs is 1. The summed E-state index contributed by atoms with van der Waals surface area (Å²) in [6, 6.07) is 4.45. The van der Waals surface area contributed by atoms with Gasteiger partial charge in [-0.15, -0.1) is 0 Å². The first-order valence-electron chi connectivity index (χ1n) is 8.66. The van der Waals surface area contributed by atoms with Crippen molar-refractivity contribution in [1.82, 2.24) is 14.0 Å². The van der Waals surface area contributed by atoms with Crippen molar-refractivity contribution in [2.45, 2.75) is 17.1 Å². The number of likely N-dealkylation sites (tertiary alicyclic amines) is 1. The van der Waals surface area contributed by atoms with Crippen LogP contribution < -0.4 is 5.69 Å². The summed E-state index contributed by atoms with van der Waals surface area (Å²) in [6.07, 6.45) is 0.539. The molecule has 0 aliphatic carbocycles. The predicted molar refractivity (Wildman–Crippen MR) is 96.0 cm³/mol. The molecule has 0 radical (unpaired) electrons. The SMILES string of the molecule is Cn1c(=O)n(C)c2cc(S(=O)(=O)CC(=O)N3CCC4(C3)OCCO4)ccc21. The maximum absolute atomic E-state index is 12.8. The summed E-state index contributed by atoms with van der Waals surface area (Å²) < 4.78 is 39.5. The normalized spacial score (nSPS) is 19.4. The highest BCUT2D eigenvalue weighted by molar-refractivity contribution is 7.92. The molecule has 1 spiro atoms. The number of carbonyl (C=O) groups is 1. The highest BCUT2D eigenvalue weighted by Crippen LogP contribution is 2.30. The lowest BCUT2D eigenvalue weighted by Crippen LogP contribution is -2.39. The van der Waals surface area contributed by atoms with Gasteiger partial charge in [0.15, 0.2) is 15.6 Å². The number of aromatic nitrogens is 2. The van der Waals surface area contributed by atoms with Crippen molar-refractivity contribution in [2.75, 3.05) is 32.1 Å². The van der Waals surface area contributed by atoms with Crippen molar-refractivity contribution in [2.24, 2.45) is 14.1 Å². The Hall–Kier alpha value is -2.17. The molecule has 3 heterocycles. The van der Waals surface area contributed by atoms with E-state index in [4.69, 9.17) is 9.47 Å². The van der Waals surface area contributed by atoms with Gasteiger partial charge in [0, 0.05) is 27.1 Å². The van der Waals surface area contributed by atoms with Crippen molar-refractivity contribution < 1.29 is 22.7 Å². The van der Waals surface area contributed by atoms with Crippen LogP contribution in [0.5, 0.6) is 0 Å². The van der Waals surface area contributed by atoms with Crippen LogP contribution in [0.25, 0.3) is 11.0 Å². The van der Waals surface area contributed by atoms with Crippen molar-refractivity contribution in [3.8, 4) is 0 Å². The van der Waals surface area contributed by atoms with Crippen molar-refractivity contribution in [3.05, 3.63) is 28.7 Å². The minimum atomic E-state index is -3.84. The van der Waals surface area contributed by atoms with E-state index in [1.165, 1.54) is 26.2 Å². The van der Waals surface area contributed by atoms with E-state index < -0.39 is 27.3 Å². The first kappa shape index (κ1) is 18.2. The van der Waals surface area contributed by atoms with E-state index in [1.807, 2.05) is 0 Å². The van der Waals surface area contributed by atoms with E-state index in [1.54, 1.807) is 20.2 Å². The number of sulfone groups is 1. The van der Waals surface area contributed by atoms with Crippen LogP contribution in [0, 0.1) is 0 Å². The van der Waals surface area contributed by atoms with Crippen LogP contribution >= 0.6 is 0 Å². The van der Waals surface area contributed by atoms with Crippen molar-refractivity contribution >= 4 is 26.8 Å². The quantitative estimate of drug-likeness (QED) is 0.703. The number of ether oxygens (including phenoxy) is 2. The second-order valence-electron chi connectivity index (χ2n) is 6.98. The Morgan fingerprint density at radius 2 is 1.81 bits per heavy atom. The number of imidazole rings is 1. The molecule has 0 saturated carbocycles. The summed E-state index contributed by atoms with van der Waals surface area (Å²) in [5, 5.41) is 0. The summed E-state index contributed by atoms with van der Waals surface area (Å²) >= 11 is 0. The molecule has 27 heavy (non-hydrogen) atoms. The second kappa shape index (κ2) is 6.18. The molecule has 0 unspecified atom stereocenters. The smallest absolute Gasteiger partial charge is 0.328 e. The molecule has 2 aliphatic heterocycles. The molecule has 2 fully saturated rings. The Morgan fingerprint density at radius 3 is 2.52 bits per heavy atom. The maximum atomic E-state index is 12.8. The minimum absolute atomic E-state index is 0.0202. The molecule has 1 aromatic heterocycles. The fraction of sp³-hybridized carbons (Fsp3) is 0.529. The van der Waals surface area contributed by atoms with Crippen LogP contribution in [-0.4, -0.2) is 66.2 Å². The van der Waals surface area contributed by atoms with Crippen LogP contribution in [0.3, 0.4) is 0 Å². The van der Waals surface area contributed by atoms with Gasteiger partial charge >= 0.3 is 5.69 Å². The van der Waals surface area contributed by atoms with Gasteiger partial charge < -0.3 is 14.4 Å². The van der Waals surface area contributed by atoms with Crippen LogP contribution in [0.1, 0.15) is 6.42 Å². The van der Waals surface area contributed by atoms with Gasteiger partial charge in [-0.1, -0.05) is 0 Å². The Morgan fingerprint density at radius 1 is 1.15 bits per heavy atom. The van der Waals surface area contributed by atoms with Gasteiger partial charge in [-0.25, -0.2) is 13.2 Å². The molecule has 2 aromatic rings. The van der Waals surface area contributed by atoms with Crippen LogP contribution in [0.15, 0.2) is 27.9 Å². The van der Waals surface area contributed by atoms with Crippen molar-refractivity contribution in [1.29, 1.82) is 0 Å². The first-order chi connectivity index (χ1) is 12.7.